The number of anilines is 1. The average Bonchev–Trinajstić information content (AvgIpc) is 2.99. The second-order valence-electron chi connectivity index (χ2n) is 8.13. The molecule has 0 spiro atoms. The van der Waals surface area contributed by atoms with E-state index in [0.717, 1.165) is 10.5 Å². The predicted octanol–water partition coefficient (Wildman–Crippen LogP) is 2.78. The van der Waals surface area contributed by atoms with Gasteiger partial charge in [0.1, 0.15) is 17.9 Å². The molecule has 8 nitrogen and oxygen atoms in total. The molecule has 1 unspecified atom stereocenters. The molecular formula is C24H27FN4O4. The van der Waals surface area contributed by atoms with Crippen molar-refractivity contribution in [1.29, 1.82) is 0 Å². The normalized spacial score (nSPS) is 17.6. The fraction of sp³-hybridized carbons (Fsp3) is 0.333. The Balaban J connectivity index is 1.70. The Kier molecular flexibility index (Phi) is 7.10. The molecule has 5 amide bonds. The highest BCUT2D eigenvalue weighted by molar-refractivity contribution is 6.09. The van der Waals surface area contributed by atoms with Crippen LogP contribution in [0.3, 0.4) is 0 Å². The molecule has 3 rings (SSSR count). The van der Waals surface area contributed by atoms with Crippen LogP contribution in [0.2, 0.25) is 0 Å². The van der Waals surface area contributed by atoms with Crippen LogP contribution in [0, 0.1) is 12.7 Å². The Morgan fingerprint density at radius 3 is 2.42 bits per heavy atom. The predicted molar refractivity (Wildman–Crippen MR) is 121 cm³/mol. The number of benzene rings is 2. The van der Waals surface area contributed by atoms with E-state index in [1.165, 1.54) is 36.1 Å². The summed E-state index contributed by atoms with van der Waals surface area (Å²) >= 11 is 0. The quantitative estimate of drug-likeness (QED) is 0.599. The summed E-state index contributed by atoms with van der Waals surface area (Å²) in [5.74, 6) is -1.98. The van der Waals surface area contributed by atoms with Crippen molar-refractivity contribution in [3.8, 4) is 0 Å². The minimum Gasteiger partial charge on any atom is -0.332 e. The van der Waals surface area contributed by atoms with Gasteiger partial charge in [-0.05, 0) is 49.6 Å². The molecule has 1 fully saturated rings. The van der Waals surface area contributed by atoms with Gasteiger partial charge in [-0.3, -0.25) is 19.3 Å². The zero-order valence-corrected chi connectivity index (χ0v) is 18.9. The maximum Gasteiger partial charge on any atom is 0.325 e. The highest BCUT2D eigenvalue weighted by Gasteiger charge is 2.49. The summed E-state index contributed by atoms with van der Waals surface area (Å²) < 4.78 is 13.3. The highest BCUT2D eigenvalue weighted by Crippen LogP contribution is 2.29. The number of hydrogen-bond acceptors (Lipinski definition) is 4. The van der Waals surface area contributed by atoms with Crippen LogP contribution >= 0.6 is 0 Å². The zero-order valence-electron chi connectivity index (χ0n) is 18.9. The zero-order chi connectivity index (χ0) is 24.2. The molecule has 0 saturated carbocycles. The van der Waals surface area contributed by atoms with Crippen LogP contribution in [-0.4, -0.2) is 53.2 Å². The Labute approximate surface area is 191 Å². The standard InChI is InChI=1S/C24H27FN4O4/c1-4-13-28(14-20(30)26-19-8-6-5-7-16(19)2)21(31)15-29-22(32)24(3,27-23(29)33)17-9-11-18(25)12-10-17/h5-12H,4,13-15H2,1-3H3,(H,26,30)(H,27,33). The second kappa shape index (κ2) is 9.81. The van der Waals surface area contributed by atoms with Crippen LogP contribution < -0.4 is 10.6 Å². The number of amides is 5. The van der Waals surface area contributed by atoms with E-state index in [-0.39, 0.29) is 12.5 Å². The number of aryl methyl sites for hydroxylation is 1. The fourth-order valence-corrected chi connectivity index (χ4v) is 3.69. The van der Waals surface area contributed by atoms with E-state index in [9.17, 15) is 23.6 Å². The van der Waals surface area contributed by atoms with Gasteiger partial charge in [0.25, 0.3) is 5.91 Å². The third-order valence-electron chi connectivity index (χ3n) is 5.59. The minimum absolute atomic E-state index is 0.208. The summed E-state index contributed by atoms with van der Waals surface area (Å²) in [7, 11) is 0. The smallest absolute Gasteiger partial charge is 0.325 e. The van der Waals surface area contributed by atoms with E-state index in [4.69, 9.17) is 0 Å². The van der Waals surface area contributed by atoms with Crippen molar-refractivity contribution in [2.75, 3.05) is 25.0 Å². The number of imide groups is 1. The molecule has 0 radical (unpaired) electrons. The molecular weight excluding hydrogens is 427 g/mol. The molecule has 9 heteroatoms. The van der Waals surface area contributed by atoms with Gasteiger partial charge in [-0.25, -0.2) is 9.18 Å². The summed E-state index contributed by atoms with van der Waals surface area (Å²) in [6.45, 7) is 4.81. The Bertz CT molecular complexity index is 1070. The number of halogens is 1. The molecule has 0 aromatic heterocycles. The van der Waals surface area contributed by atoms with Gasteiger partial charge in [0.05, 0.1) is 6.54 Å². The third kappa shape index (κ3) is 5.19. The Morgan fingerprint density at radius 1 is 1.12 bits per heavy atom. The number of urea groups is 1. The summed E-state index contributed by atoms with van der Waals surface area (Å²) in [4.78, 5) is 53.2. The highest BCUT2D eigenvalue weighted by atomic mass is 19.1. The molecule has 1 atom stereocenters. The first-order valence-corrected chi connectivity index (χ1v) is 10.7. The first-order valence-electron chi connectivity index (χ1n) is 10.7. The topological polar surface area (TPSA) is 98.8 Å². The molecule has 33 heavy (non-hydrogen) atoms. The number of para-hydroxylation sites is 1. The van der Waals surface area contributed by atoms with Crippen LogP contribution in [0.15, 0.2) is 48.5 Å². The molecule has 2 aromatic rings. The van der Waals surface area contributed by atoms with Crippen molar-refractivity contribution >= 4 is 29.4 Å². The van der Waals surface area contributed by atoms with Crippen molar-refractivity contribution in [1.82, 2.24) is 15.1 Å². The van der Waals surface area contributed by atoms with Gasteiger partial charge in [0.2, 0.25) is 11.8 Å². The summed E-state index contributed by atoms with van der Waals surface area (Å²) in [6.07, 6.45) is 0.594. The van der Waals surface area contributed by atoms with E-state index < -0.39 is 35.7 Å². The summed E-state index contributed by atoms with van der Waals surface area (Å²) in [6, 6.07) is 11.8. The lowest BCUT2D eigenvalue weighted by molar-refractivity contribution is -0.140. The Morgan fingerprint density at radius 2 is 1.79 bits per heavy atom. The number of nitrogens with zero attached hydrogens (tertiary/aromatic N) is 2. The average molecular weight is 455 g/mol. The van der Waals surface area contributed by atoms with Crippen LogP contribution in [0.1, 0.15) is 31.4 Å². The monoisotopic (exact) mass is 454 g/mol. The molecule has 1 saturated heterocycles. The third-order valence-corrected chi connectivity index (χ3v) is 5.59. The van der Waals surface area contributed by atoms with Gasteiger partial charge in [-0.1, -0.05) is 37.3 Å². The Hall–Kier alpha value is -3.75. The summed E-state index contributed by atoms with van der Waals surface area (Å²) in [5, 5.41) is 5.37. The number of rotatable bonds is 8. The number of nitrogens with one attached hydrogen (secondary N) is 2. The second-order valence-corrected chi connectivity index (χ2v) is 8.13. The number of hydrogen-bond donors (Lipinski definition) is 2. The van der Waals surface area contributed by atoms with Gasteiger partial charge >= 0.3 is 6.03 Å². The molecule has 1 aliphatic rings. The van der Waals surface area contributed by atoms with Gasteiger partial charge in [0.15, 0.2) is 0 Å². The number of carbonyl (C=O) groups excluding carboxylic acids is 4. The fourth-order valence-electron chi connectivity index (χ4n) is 3.69. The first kappa shape index (κ1) is 23.9. The van der Waals surface area contributed by atoms with Crippen molar-refractivity contribution in [3.63, 3.8) is 0 Å². The van der Waals surface area contributed by atoms with Crippen molar-refractivity contribution in [2.24, 2.45) is 0 Å². The van der Waals surface area contributed by atoms with Crippen LogP contribution in [0.5, 0.6) is 0 Å². The first-order chi connectivity index (χ1) is 15.7. The largest absolute Gasteiger partial charge is 0.332 e. The molecule has 0 bridgehead atoms. The van der Waals surface area contributed by atoms with E-state index in [0.29, 0.717) is 24.2 Å². The minimum atomic E-state index is -1.41. The SMILES string of the molecule is CCCN(CC(=O)Nc1ccccc1C)C(=O)CN1C(=O)NC(C)(c2ccc(F)cc2)C1=O. The van der Waals surface area contributed by atoms with Gasteiger partial charge in [0, 0.05) is 12.2 Å². The maximum absolute atomic E-state index is 13.3. The molecule has 2 aromatic carbocycles. The van der Waals surface area contributed by atoms with Crippen LogP contribution in [-0.2, 0) is 19.9 Å². The van der Waals surface area contributed by atoms with Crippen LogP contribution in [0.4, 0.5) is 14.9 Å². The van der Waals surface area contributed by atoms with Gasteiger partial charge in [-0.15, -0.1) is 0 Å². The maximum atomic E-state index is 13.3. The van der Waals surface area contributed by atoms with E-state index in [1.807, 2.05) is 26.0 Å². The lowest BCUT2D eigenvalue weighted by Crippen LogP contribution is -2.46. The van der Waals surface area contributed by atoms with Crippen LogP contribution in [0.25, 0.3) is 0 Å². The van der Waals surface area contributed by atoms with E-state index in [2.05, 4.69) is 10.6 Å². The molecule has 1 heterocycles. The molecule has 1 aliphatic heterocycles. The van der Waals surface area contributed by atoms with Gasteiger partial charge < -0.3 is 15.5 Å². The van der Waals surface area contributed by atoms with Crippen molar-refractivity contribution in [2.45, 2.75) is 32.7 Å². The lowest BCUT2D eigenvalue weighted by atomic mass is 9.92. The lowest BCUT2D eigenvalue weighted by Gasteiger charge is -2.25. The molecule has 2 N–H and O–H groups in total. The van der Waals surface area contributed by atoms with Gasteiger partial charge in [-0.2, -0.15) is 0 Å². The van der Waals surface area contributed by atoms with E-state index >= 15 is 0 Å². The van der Waals surface area contributed by atoms with Crippen molar-refractivity contribution in [3.05, 3.63) is 65.5 Å². The molecule has 0 aliphatic carbocycles. The van der Waals surface area contributed by atoms with E-state index in [1.54, 1.807) is 12.1 Å². The summed E-state index contributed by atoms with van der Waals surface area (Å²) in [5.41, 5.74) is 0.525. The molecule has 174 valence electrons. The number of carbonyl (C=O) groups is 4. The van der Waals surface area contributed by atoms with Crippen molar-refractivity contribution < 1.29 is 23.6 Å².